The molecular formula is C12H18ClN3. The van der Waals surface area contributed by atoms with E-state index in [-0.39, 0.29) is 0 Å². The number of aryl methyl sites for hydroxylation is 1. The fourth-order valence-corrected chi connectivity index (χ4v) is 2.58. The van der Waals surface area contributed by atoms with E-state index < -0.39 is 0 Å². The van der Waals surface area contributed by atoms with Crippen LogP contribution in [0.25, 0.3) is 0 Å². The molecule has 1 fully saturated rings. The molecule has 3 nitrogen and oxygen atoms in total. The second kappa shape index (κ2) is 5.48. The molecule has 0 aliphatic carbocycles. The van der Waals surface area contributed by atoms with E-state index in [1.807, 2.05) is 0 Å². The van der Waals surface area contributed by atoms with Gasteiger partial charge < -0.3 is 4.90 Å². The van der Waals surface area contributed by atoms with Crippen molar-refractivity contribution in [1.82, 2.24) is 10.2 Å². The third kappa shape index (κ3) is 2.85. The Labute approximate surface area is 102 Å². The van der Waals surface area contributed by atoms with Crippen LogP contribution in [-0.4, -0.2) is 29.2 Å². The zero-order valence-electron chi connectivity index (χ0n) is 9.69. The predicted octanol–water partition coefficient (Wildman–Crippen LogP) is 2.63. The van der Waals surface area contributed by atoms with Crippen LogP contribution in [0, 0.1) is 12.8 Å². The van der Waals surface area contributed by atoms with Gasteiger partial charge in [-0.2, -0.15) is 5.10 Å². The highest BCUT2D eigenvalue weighted by molar-refractivity contribution is 6.17. The first-order chi connectivity index (χ1) is 7.79. The average molecular weight is 240 g/mol. The fraction of sp³-hybridized carbons (Fsp3) is 0.667. The van der Waals surface area contributed by atoms with Crippen LogP contribution >= 0.6 is 11.6 Å². The van der Waals surface area contributed by atoms with Gasteiger partial charge in [-0.05, 0) is 43.7 Å². The number of aromatic nitrogens is 2. The van der Waals surface area contributed by atoms with Crippen LogP contribution in [0.5, 0.6) is 0 Å². The molecule has 2 heterocycles. The maximum absolute atomic E-state index is 5.81. The third-order valence-corrected chi connectivity index (χ3v) is 3.36. The van der Waals surface area contributed by atoms with Gasteiger partial charge in [-0.1, -0.05) is 0 Å². The standard InChI is InChI=1S/C12H18ClN3/c1-10-7-12(15-14-8-10)16-6-2-3-11(9-16)4-5-13/h7-8,11H,2-6,9H2,1H3. The van der Waals surface area contributed by atoms with Crippen LogP contribution in [0.3, 0.4) is 0 Å². The van der Waals surface area contributed by atoms with Crippen LogP contribution in [0.15, 0.2) is 12.3 Å². The molecule has 4 heteroatoms. The number of nitrogens with zero attached hydrogens (tertiary/aromatic N) is 3. The number of rotatable bonds is 3. The lowest BCUT2D eigenvalue weighted by atomic mass is 9.95. The van der Waals surface area contributed by atoms with Gasteiger partial charge >= 0.3 is 0 Å². The molecule has 0 radical (unpaired) electrons. The van der Waals surface area contributed by atoms with Crippen LogP contribution in [-0.2, 0) is 0 Å². The molecule has 1 saturated heterocycles. The minimum atomic E-state index is 0.716. The molecule has 16 heavy (non-hydrogen) atoms. The van der Waals surface area contributed by atoms with Gasteiger partial charge in [0.1, 0.15) is 0 Å². The van der Waals surface area contributed by atoms with Gasteiger partial charge in [-0.3, -0.25) is 0 Å². The lowest BCUT2D eigenvalue weighted by Gasteiger charge is -2.33. The first-order valence-corrected chi connectivity index (χ1v) is 6.43. The summed E-state index contributed by atoms with van der Waals surface area (Å²) in [6, 6.07) is 2.11. The lowest BCUT2D eigenvalue weighted by molar-refractivity contribution is 0.404. The molecule has 2 rings (SSSR count). The van der Waals surface area contributed by atoms with Crippen LogP contribution < -0.4 is 4.90 Å². The molecule has 1 aliphatic rings. The molecule has 1 aromatic heterocycles. The fourth-order valence-electron chi connectivity index (χ4n) is 2.27. The Morgan fingerprint density at radius 3 is 3.19 bits per heavy atom. The van der Waals surface area contributed by atoms with Gasteiger partial charge in [0.25, 0.3) is 0 Å². The number of anilines is 1. The lowest BCUT2D eigenvalue weighted by Crippen LogP contribution is -2.36. The highest BCUT2D eigenvalue weighted by atomic mass is 35.5. The summed E-state index contributed by atoms with van der Waals surface area (Å²) in [4.78, 5) is 2.33. The quantitative estimate of drug-likeness (QED) is 0.760. The highest BCUT2D eigenvalue weighted by Crippen LogP contribution is 2.23. The minimum Gasteiger partial charge on any atom is -0.355 e. The maximum atomic E-state index is 5.81. The van der Waals surface area contributed by atoms with Crippen molar-refractivity contribution < 1.29 is 0 Å². The zero-order valence-corrected chi connectivity index (χ0v) is 10.5. The topological polar surface area (TPSA) is 29.0 Å². The predicted molar refractivity (Wildman–Crippen MR) is 67.0 cm³/mol. The van der Waals surface area contributed by atoms with Crippen molar-refractivity contribution in [1.29, 1.82) is 0 Å². The number of alkyl halides is 1. The van der Waals surface area contributed by atoms with E-state index in [2.05, 4.69) is 28.1 Å². The summed E-state index contributed by atoms with van der Waals surface area (Å²) >= 11 is 5.81. The Balaban J connectivity index is 2.03. The number of halogens is 1. The largest absolute Gasteiger partial charge is 0.355 e. The van der Waals surface area contributed by atoms with Crippen LogP contribution in [0.1, 0.15) is 24.8 Å². The Hall–Kier alpha value is -0.830. The van der Waals surface area contributed by atoms with Gasteiger partial charge in [0.2, 0.25) is 0 Å². The Bertz CT molecular complexity index is 341. The van der Waals surface area contributed by atoms with E-state index >= 15 is 0 Å². The van der Waals surface area contributed by atoms with Crippen LogP contribution in [0.2, 0.25) is 0 Å². The van der Waals surface area contributed by atoms with Crippen LogP contribution in [0.4, 0.5) is 5.82 Å². The van der Waals surface area contributed by atoms with E-state index in [1.165, 1.54) is 18.4 Å². The Morgan fingerprint density at radius 2 is 2.44 bits per heavy atom. The van der Waals surface area contributed by atoms with Gasteiger partial charge in [-0.15, -0.1) is 16.7 Å². The molecule has 0 amide bonds. The van der Waals surface area contributed by atoms with E-state index in [1.54, 1.807) is 6.20 Å². The molecule has 0 saturated carbocycles. The van der Waals surface area contributed by atoms with Crippen molar-refractivity contribution in [2.45, 2.75) is 26.2 Å². The number of hydrogen-bond acceptors (Lipinski definition) is 3. The zero-order chi connectivity index (χ0) is 11.4. The summed E-state index contributed by atoms with van der Waals surface area (Å²) in [5.74, 6) is 2.49. The second-order valence-electron chi connectivity index (χ2n) is 4.52. The smallest absolute Gasteiger partial charge is 0.151 e. The molecule has 1 aliphatic heterocycles. The van der Waals surface area contributed by atoms with E-state index in [0.29, 0.717) is 5.92 Å². The van der Waals surface area contributed by atoms with Crippen molar-refractivity contribution >= 4 is 17.4 Å². The van der Waals surface area contributed by atoms with E-state index in [4.69, 9.17) is 11.6 Å². The molecule has 88 valence electrons. The molecule has 0 spiro atoms. The van der Waals surface area contributed by atoms with E-state index in [9.17, 15) is 0 Å². The maximum Gasteiger partial charge on any atom is 0.151 e. The summed E-state index contributed by atoms with van der Waals surface area (Å²) in [5.41, 5.74) is 1.17. The Morgan fingerprint density at radius 1 is 1.56 bits per heavy atom. The van der Waals surface area contributed by atoms with Gasteiger partial charge in [0, 0.05) is 19.0 Å². The van der Waals surface area contributed by atoms with Crippen molar-refractivity contribution in [3.8, 4) is 0 Å². The number of hydrogen-bond donors (Lipinski definition) is 0. The molecule has 1 unspecified atom stereocenters. The summed E-state index contributed by atoms with van der Waals surface area (Å²) < 4.78 is 0. The normalized spacial score (nSPS) is 21.1. The summed E-state index contributed by atoms with van der Waals surface area (Å²) in [6.45, 7) is 4.22. The second-order valence-corrected chi connectivity index (χ2v) is 4.90. The molecule has 1 aromatic rings. The summed E-state index contributed by atoms with van der Waals surface area (Å²) in [5, 5.41) is 8.21. The van der Waals surface area contributed by atoms with Gasteiger partial charge in [0.05, 0.1) is 6.20 Å². The van der Waals surface area contributed by atoms with Gasteiger partial charge in [0.15, 0.2) is 5.82 Å². The molecule has 0 bridgehead atoms. The third-order valence-electron chi connectivity index (χ3n) is 3.14. The number of piperidine rings is 1. The Kier molecular flexibility index (Phi) is 3.99. The minimum absolute atomic E-state index is 0.716. The molecule has 0 N–H and O–H groups in total. The average Bonchev–Trinajstić information content (AvgIpc) is 2.30. The highest BCUT2D eigenvalue weighted by Gasteiger charge is 2.20. The first-order valence-electron chi connectivity index (χ1n) is 5.90. The molecular weight excluding hydrogens is 222 g/mol. The summed E-state index contributed by atoms with van der Waals surface area (Å²) in [7, 11) is 0. The van der Waals surface area contributed by atoms with Gasteiger partial charge in [-0.25, -0.2) is 0 Å². The monoisotopic (exact) mass is 239 g/mol. The summed E-state index contributed by atoms with van der Waals surface area (Å²) in [6.07, 6.45) is 5.43. The van der Waals surface area contributed by atoms with Crippen molar-refractivity contribution in [3.63, 3.8) is 0 Å². The van der Waals surface area contributed by atoms with Crippen molar-refractivity contribution in [2.24, 2.45) is 5.92 Å². The van der Waals surface area contributed by atoms with Crippen molar-refractivity contribution in [3.05, 3.63) is 17.8 Å². The molecule has 1 atom stereocenters. The SMILES string of the molecule is Cc1cnnc(N2CCCC(CCCl)C2)c1. The molecule has 0 aromatic carbocycles. The van der Waals surface area contributed by atoms with Crippen molar-refractivity contribution in [2.75, 3.05) is 23.9 Å². The van der Waals surface area contributed by atoms with E-state index in [0.717, 1.165) is 31.2 Å². The first kappa shape index (κ1) is 11.6.